The van der Waals surface area contributed by atoms with E-state index in [0.717, 1.165) is 12.2 Å². The smallest absolute Gasteiger partial charge is 0.123 e. The van der Waals surface area contributed by atoms with Crippen molar-refractivity contribution in [3.8, 4) is 0 Å². The van der Waals surface area contributed by atoms with Gasteiger partial charge in [-0.05, 0) is 37.5 Å². The fourth-order valence-electron chi connectivity index (χ4n) is 2.18. The second-order valence-electron chi connectivity index (χ2n) is 3.25. The van der Waals surface area contributed by atoms with Crippen molar-refractivity contribution in [2.24, 2.45) is 11.8 Å². The average molecular weight is 123 g/mol. The number of hydrogen-bond acceptors (Lipinski definition) is 1. The van der Waals surface area contributed by atoms with Gasteiger partial charge in [-0.2, -0.15) is 0 Å². The van der Waals surface area contributed by atoms with Crippen molar-refractivity contribution in [2.75, 3.05) is 0 Å². The summed E-state index contributed by atoms with van der Waals surface area (Å²) >= 11 is 0. The van der Waals surface area contributed by atoms with Crippen molar-refractivity contribution >= 4 is 6.29 Å². The third-order valence-electron chi connectivity index (χ3n) is 2.70. The van der Waals surface area contributed by atoms with Crippen LogP contribution in [0, 0.1) is 17.8 Å². The summed E-state index contributed by atoms with van der Waals surface area (Å²) in [5.74, 6) is 2.79. The summed E-state index contributed by atoms with van der Waals surface area (Å²) in [7, 11) is 0. The van der Waals surface area contributed by atoms with Gasteiger partial charge in [0.2, 0.25) is 0 Å². The quantitative estimate of drug-likeness (QED) is 0.484. The molecule has 2 aliphatic carbocycles. The molecule has 0 spiro atoms. The largest absolute Gasteiger partial charge is 0.303 e. The van der Waals surface area contributed by atoms with Crippen LogP contribution >= 0.6 is 0 Å². The second kappa shape index (κ2) is 1.83. The highest BCUT2D eigenvalue weighted by atomic mass is 16.1. The first kappa shape index (κ1) is 5.45. The number of hydrogen-bond donors (Lipinski definition) is 0. The van der Waals surface area contributed by atoms with E-state index in [0.29, 0.717) is 5.92 Å². The standard InChI is InChI=1S/C8H11O/c9-5-8-4-6-1-2-7(8)3-6/h5-6,8H,1-4H2. The highest BCUT2D eigenvalue weighted by molar-refractivity contribution is 5.59. The van der Waals surface area contributed by atoms with E-state index < -0.39 is 0 Å². The molecule has 0 saturated heterocycles. The van der Waals surface area contributed by atoms with E-state index >= 15 is 0 Å². The summed E-state index contributed by atoms with van der Waals surface area (Å²) in [6.07, 6.45) is 6.17. The van der Waals surface area contributed by atoms with Gasteiger partial charge in [-0.1, -0.05) is 0 Å². The van der Waals surface area contributed by atoms with E-state index in [2.05, 4.69) is 0 Å². The zero-order valence-electron chi connectivity index (χ0n) is 5.47. The van der Waals surface area contributed by atoms with Crippen LogP contribution in [-0.4, -0.2) is 6.29 Å². The summed E-state index contributed by atoms with van der Waals surface area (Å²) in [5, 5.41) is 0. The molecule has 1 radical (unpaired) electrons. The Balaban J connectivity index is 2.09. The molecule has 0 aromatic carbocycles. The van der Waals surface area contributed by atoms with Gasteiger partial charge >= 0.3 is 0 Å². The van der Waals surface area contributed by atoms with E-state index in [-0.39, 0.29) is 0 Å². The molecule has 2 rings (SSSR count). The number of carbonyl (C=O) groups is 1. The zero-order valence-corrected chi connectivity index (χ0v) is 5.47. The summed E-state index contributed by atoms with van der Waals surface area (Å²) in [6.45, 7) is 0. The maximum Gasteiger partial charge on any atom is 0.123 e. The topological polar surface area (TPSA) is 17.1 Å². The molecule has 2 unspecified atom stereocenters. The van der Waals surface area contributed by atoms with Gasteiger partial charge in [-0.15, -0.1) is 0 Å². The van der Waals surface area contributed by atoms with E-state index in [1.165, 1.54) is 31.6 Å². The molecule has 2 atom stereocenters. The van der Waals surface area contributed by atoms with Crippen LogP contribution in [0.15, 0.2) is 0 Å². The minimum absolute atomic E-state index is 0.365. The van der Waals surface area contributed by atoms with Crippen molar-refractivity contribution in [3.63, 3.8) is 0 Å². The molecule has 0 aromatic heterocycles. The van der Waals surface area contributed by atoms with Gasteiger partial charge in [0.15, 0.2) is 0 Å². The normalized spacial score (nSPS) is 41.8. The minimum atomic E-state index is 0.365. The molecule has 0 N–H and O–H groups in total. The number of carbonyl (C=O) groups excluding carboxylic acids is 1. The third kappa shape index (κ3) is 0.707. The fraction of sp³-hybridized carbons (Fsp3) is 0.750. The van der Waals surface area contributed by atoms with E-state index in [1.807, 2.05) is 0 Å². The van der Waals surface area contributed by atoms with Crippen LogP contribution in [0.25, 0.3) is 0 Å². The first-order valence-electron chi connectivity index (χ1n) is 3.70. The highest BCUT2D eigenvalue weighted by Gasteiger charge is 2.39. The SMILES string of the molecule is O=CC1CC2CC[C]1C2. The Morgan fingerprint density at radius 1 is 1.56 bits per heavy atom. The van der Waals surface area contributed by atoms with E-state index in [9.17, 15) is 4.79 Å². The van der Waals surface area contributed by atoms with Crippen LogP contribution in [0.5, 0.6) is 0 Å². The van der Waals surface area contributed by atoms with Gasteiger partial charge in [0, 0.05) is 5.92 Å². The Morgan fingerprint density at radius 3 is 2.78 bits per heavy atom. The van der Waals surface area contributed by atoms with Crippen molar-refractivity contribution in [2.45, 2.75) is 25.7 Å². The van der Waals surface area contributed by atoms with Crippen LogP contribution < -0.4 is 0 Å². The average Bonchev–Trinajstić information content (AvgIpc) is 2.45. The van der Waals surface area contributed by atoms with Crippen molar-refractivity contribution < 1.29 is 4.79 Å². The molecule has 49 valence electrons. The third-order valence-corrected chi connectivity index (χ3v) is 2.70. The van der Waals surface area contributed by atoms with Gasteiger partial charge < -0.3 is 4.79 Å². The van der Waals surface area contributed by atoms with Gasteiger partial charge in [0.1, 0.15) is 6.29 Å². The Morgan fingerprint density at radius 2 is 2.44 bits per heavy atom. The Kier molecular flexibility index (Phi) is 1.11. The van der Waals surface area contributed by atoms with Gasteiger partial charge in [0.25, 0.3) is 0 Å². The van der Waals surface area contributed by atoms with Crippen molar-refractivity contribution in [1.29, 1.82) is 0 Å². The molecule has 2 fully saturated rings. The van der Waals surface area contributed by atoms with Crippen molar-refractivity contribution in [1.82, 2.24) is 0 Å². The van der Waals surface area contributed by atoms with Crippen molar-refractivity contribution in [3.05, 3.63) is 5.92 Å². The summed E-state index contributed by atoms with van der Waals surface area (Å²) in [4.78, 5) is 10.4. The lowest BCUT2D eigenvalue weighted by atomic mass is 9.90. The molecular formula is C8H11O. The van der Waals surface area contributed by atoms with E-state index in [4.69, 9.17) is 0 Å². The number of rotatable bonds is 1. The lowest BCUT2D eigenvalue weighted by Crippen LogP contribution is -2.09. The van der Waals surface area contributed by atoms with Gasteiger partial charge in [-0.3, -0.25) is 0 Å². The molecule has 1 heteroatoms. The second-order valence-corrected chi connectivity index (χ2v) is 3.25. The molecule has 0 amide bonds. The Hall–Kier alpha value is -0.330. The van der Waals surface area contributed by atoms with Gasteiger partial charge in [-0.25, -0.2) is 0 Å². The van der Waals surface area contributed by atoms with Crippen LogP contribution in [0.3, 0.4) is 0 Å². The first-order chi connectivity index (χ1) is 4.40. The van der Waals surface area contributed by atoms with Crippen LogP contribution in [0.2, 0.25) is 0 Å². The van der Waals surface area contributed by atoms with Crippen LogP contribution in [-0.2, 0) is 4.79 Å². The molecular weight excluding hydrogens is 112 g/mol. The molecule has 9 heavy (non-hydrogen) atoms. The monoisotopic (exact) mass is 123 g/mol. The number of aldehydes is 1. The molecule has 0 heterocycles. The molecule has 2 aliphatic rings. The zero-order chi connectivity index (χ0) is 6.27. The highest BCUT2D eigenvalue weighted by Crippen LogP contribution is 2.48. The van der Waals surface area contributed by atoms with E-state index in [1.54, 1.807) is 0 Å². The predicted octanol–water partition coefficient (Wildman–Crippen LogP) is 1.58. The molecule has 2 bridgehead atoms. The number of fused-ring (bicyclic) bond motifs is 2. The Labute approximate surface area is 55.4 Å². The fourth-order valence-corrected chi connectivity index (χ4v) is 2.18. The molecule has 1 nitrogen and oxygen atoms in total. The maximum absolute atomic E-state index is 10.4. The predicted molar refractivity (Wildman–Crippen MR) is 34.8 cm³/mol. The molecule has 0 aliphatic heterocycles. The lowest BCUT2D eigenvalue weighted by Gasteiger charge is -2.13. The first-order valence-corrected chi connectivity index (χ1v) is 3.70. The Bertz CT molecular complexity index is 131. The summed E-state index contributed by atoms with van der Waals surface area (Å²) in [6, 6.07) is 0. The van der Waals surface area contributed by atoms with Gasteiger partial charge in [0.05, 0.1) is 0 Å². The summed E-state index contributed by atoms with van der Waals surface area (Å²) < 4.78 is 0. The minimum Gasteiger partial charge on any atom is -0.303 e. The molecule has 0 aromatic rings. The lowest BCUT2D eigenvalue weighted by molar-refractivity contribution is -0.110. The summed E-state index contributed by atoms with van der Waals surface area (Å²) in [5.41, 5.74) is 0. The van der Waals surface area contributed by atoms with Crippen LogP contribution in [0.4, 0.5) is 0 Å². The molecule has 2 saturated carbocycles. The van der Waals surface area contributed by atoms with Crippen LogP contribution in [0.1, 0.15) is 25.7 Å². The maximum atomic E-state index is 10.4.